The minimum Gasteiger partial charge on any atom is -0.435 e. The molecule has 0 N–H and O–H groups in total. The van der Waals surface area contributed by atoms with E-state index in [1.54, 1.807) is 0 Å². The van der Waals surface area contributed by atoms with Gasteiger partial charge in [0.1, 0.15) is 12.2 Å². The van der Waals surface area contributed by atoms with Gasteiger partial charge in [-0.15, -0.1) is 0 Å². The first-order valence-corrected chi connectivity index (χ1v) is 17.4. The van der Waals surface area contributed by atoms with Crippen LogP contribution in [0.2, 0.25) is 39.3 Å². The van der Waals surface area contributed by atoms with E-state index in [1.807, 2.05) is 0 Å². The molecule has 2 aliphatic rings. The lowest BCUT2D eigenvalue weighted by molar-refractivity contribution is 0.138. The van der Waals surface area contributed by atoms with Gasteiger partial charge in [-0.05, 0) is 39.3 Å². The third-order valence-corrected chi connectivity index (χ3v) is 13.5. The van der Waals surface area contributed by atoms with Gasteiger partial charge in [-0.2, -0.15) is 0 Å². The van der Waals surface area contributed by atoms with Crippen molar-refractivity contribution >= 4 is 25.2 Å². The standard InChI is InChI=1S/C14H32O6Si3.4CH4/c1-21(2,11-15-7-13-9-17-13)19-23(5,6)20-22(3,4)12-16-8-14-10-18-14;;;;/h13-14H,7-12H2,1-6H3;4*1H4. The quantitative estimate of drug-likeness (QED) is 0.324. The fraction of sp³-hybridized carbons (Fsp3) is 1.00. The van der Waals surface area contributed by atoms with E-state index < -0.39 is 25.2 Å². The van der Waals surface area contributed by atoms with Crippen molar-refractivity contribution in [3.05, 3.63) is 0 Å². The first-order valence-electron chi connectivity index (χ1n) is 8.36. The maximum atomic E-state index is 6.45. The molecule has 2 heterocycles. The second-order valence-corrected chi connectivity index (χ2v) is 20.1. The average Bonchev–Trinajstić information content (AvgIpc) is 3.19. The van der Waals surface area contributed by atoms with Crippen molar-refractivity contribution in [2.75, 3.05) is 38.9 Å². The van der Waals surface area contributed by atoms with Crippen molar-refractivity contribution in [2.45, 2.75) is 81.2 Å². The summed E-state index contributed by atoms with van der Waals surface area (Å²) in [6.45, 7) is 16.0. The van der Waals surface area contributed by atoms with E-state index in [1.165, 1.54) is 0 Å². The molecule has 2 rings (SSSR count). The van der Waals surface area contributed by atoms with Gasteiger partial charge in [0.25, 0.3) is 0 Å². The zero-order chi connectivity index (χ0) is 17.1. The zero-order valence-electron chi connectivity index (χ0n) is 15.3. The van der Waals surface area contributed by atoms with Crippen LogP contribution in [-0.2, 0) is 27.2 Å². The van der Waals surface area contributed by atoms with Gasteiger partial charge in [-0.1, -0.05) is 29.7 Å². The number of ether oxygens (including phenoxy) is 4. The van der Waals surface area contributed by atoms with Gasteiger partial charge >= 0.3 is 8.56 Å². The minimum atomic E-state index is -2.20. The number of epoxide rings is 2. The highest BCUT2D eigenvalue weighted by Gasteiger charge is 2.40. The summed E-state index contributed by atoms with van der Waals surface area (Å²) in [5.41, 5.74) is 0. The van der Waals surface area contributed by atoms with Crippen LogP contribution in [0, 0.1) is 0 Å². The van der Waals surface area contributed by atoms with E-state index in [2.05, 4.69) is 39.3 Å². The van der Waals surface area contributed by atoms with Gasteiger partial charge in [0.2, 0.25) is 16.6 Å². The average molecular weight is 445 g/mol. The van der Waals surface area contributed by atoms with Gasteiger partial charge in [0.15, 0.2) is 0 Å². The molecule has 0 aromatic rings. The first kappa shape index (κ1) is 32.1. The third-order valence-electron chi connectivity index (χ3n) is 3.36. The van der Waals surface area contributed by atoms with Gasteiger partial charge < -0.3 is 27.2 Å². The van der Waals surface area contributed by atoms with Crippen LogP contribution in [0.25, 0.3) is 0 Å². The molecule has 0 saturated carbocycles. The summed E-state index contributed by atoms with van der Waals surface area (Å²) >= 11 is 0. The Balaban J connectivity index is -0.00000144. The third kappa shape index (κ3) is 15.0. The van der Waals surface area contributed by atoms with Crippen LogP contribution in [0.4, 0.5) is 0 Å². The second kappa shape index (κ2) is 12.9. The number of rotatable bonds is 12. The van der Waals surface area contributed by atoms with Crippen LogP contribution in [-0.4, -0.2) is 76.3 Å². The largest absolute Gasteiger partial charge is 0.435 e. The van der Waals surface area contributed by atoms with Crippen LogP contribution >= 0.6 is 0 Å². The molecule has 0 aromatic heterocycles. The summed E-state index contributed by atoms with van der Waals surface area (Å²) in [5, 5.41) is 0. The van der Waals surface area contributed by atoms with Crippen molar-refractivity contribution in [1.82, 2.24) is 0 Å². The van der Waals surface area contributed by atoms with E-state index in [0.29, 0.717) is 37.9 Å². The Morgan fingerprint density at radius 1 is 0.667 bits per heavy atom. The number of hydrogen-bond donors (Lipinski definition) is 0. The summed E-state index contributed by atoms with van der Waals surface area (Å²) in [6, 6.07) is 0. The van der Waals surface area contributed by atoms with Crippen LogP contribution in [0.5, 0.6) is 0 Å². The lowest BCUT2D eigenvalue weighted by Gasteiger charge is -2.38. The monoisotopic (exact) mass is 444 g/mol. The fourth-order valence-electron chi connectivity index (χ4n) is 2.61. The molecule has 0 amide bonds. The van der Waals surface area contributed by atoms with Crippen molar-refractivity contribution in [2.24, 2.45) is 0 Å². The lowest BCUT2D eigenvalue weighted by Crippen LogP contribution is -2.55. The molecule has 2 fully saturated rings. The van der Waals surface area contributed by atoms with Gasteiger partial charge in [-0.25, -0.2) is 0 Å². The molecule has 0 bridgehead atoms. The second-order valence-electron chi connectivity index (χ2n) is 8.06. The summed E-state index contributed by atoms with van der Waals surface area (Å²) in [6.07, 6.45) is 1.98. The predicted octanol–water partition coefficient (Wildman–Crippen LogP) is 4.59. The first-order chi connectivity index (χ1) is 10.6. The summed E-state index contributed by atoms with van der Waals surface area (Å²) in [5.74, 6) is 0. The molecule has 2 atom stereocenters. The molecular weight excluding hydrogens is 396 g/mol. The maximum Gasteiger partial charge on any atom is 0.311 e. The minimum absolute atomic E-state index is 0. The molecular formula is C18H48O6Si3. The van der Waals surface area contributed by atoms with E-state index in [9.17, 15) is 0 Å². The highest BCUT2D eigenvalue weighted by Crippen LogP contribution is 2.22. The lowest BCUT2D eigenvalue weighted by atomic mass is 10.5. The van der Waals surface area contributed by atoms with Gasteiger partial charge in [0, 0.05) is 0 Å². The molecule has 2 saturated heterocycles. The van der Waals surface area contributed by atoms with Crippen LogP contribution in [0.15, 0.2) is 0 Å². The Bertz CT molecular complexity index is 351. The molecule has 2 unspecified atom stereocenters. The van der Waals surface area contributed by atoms with Crippen LogP contribution in [0.3, 0.4) is 0 Å². The molecule has 0 aromatic carbocycles. The summed E-state index contributed by atoms with van der Waals surface area (Å²) in [4.78, 5) is 0. The molecule has 9 heteroatoms. The highest BCUT2D eigenvalue weighted by atomic mass is 28.5. The molecule has 27 heavy (non-hydrogen) atoms. The Morgan fingerprint density at radius 2 is 0.963 bits per heavy atom. The van der Waals surface area contributed by atoms with Gasteiger partial charge in [0.05, 0.1) is 38.9 Å². The Hall–Kier alpha value is 0.411. The zero-order valence-corrected chi connectivity index (χ0v) is 18.3. The SMILES string of the molecule is C.C.C.C.C[Si](C)(COCC1CO1)O[Si](C)(C)O[Si](C)(C)COCC1CO1. The van der Waals surface area contributed by atoms with Gasteiger partial charge in [-0.3, -0.25) is 0 Å². The Kier molecular flexibility index (Phi) is 15.3. The Morgan fingerprint density at radius 3 is 1.22 bits per heavy atom. The molecule has 2 aliphatic heterocycles. The van der Waals surface area contributed by atoms with E-state index in [4.69, 9.17) is 27.2 Å². The van der Waals surface area contributed by atoms with Crippen molar-refractivity contribution in [1.29, 1.82) is 0 Å². The maximum absolute atomic E-state index is 6.45. The molecule has 168 valence electrons. The highest BCUT2D eigenvalue weighted by molar-refractivity contribution is 6.87. The summed E-state index contributed by atoms with van der Waals surface area (Å²) < 4.78 is 34.7. The summed E-state index contributed by atoms with van der Waals surface area (Å²) in [7, 11) is -5.99. The van der Waals surface area contributed by atoms with Crippen molar-refractivity contribution in [3.63, 3.8) is 0 Å². The number of hydrogen-bond acceptors (Lipinski definition) is 6. The Labute approximate surface area is 172 Å². The molecule has 0 radical (unpaired) electrons. The van der Waals surface area contributed by atoms with Crippen LogP contribution < -0.4 is 0 Å². The van der Waals surface area contributed by atoms with E-state index in [0.717, 1.165) is 13.2 Å². The van der Waals surface area contributed by atoms with E-state index >= 15 is 0 Å². The van der Waals surface area contributed by atoms with Crippen molar-refractivity contribution < 1.29 is 27.2 Å². The normalized spacial score (nSPS) is 21.1. The van der Waals surface area contributed by atoms with E-state index in [-0.39, 0.29) is 29.7 Å². The smallest absolute Gasteiger partial charge is 0.311 e. The molecule has 0 aliphatic carbocycles. The topological polar surface area (TPSA) is 62.0 Å². The molecule has 0 spiro atoms. The van der Waals surface area contributed by atoms with Crippen LogP contribution in [0.1, 0.15) is 29.7 Å². The van der Waals surface area contributed by atoms with Crippen molar-refractivity contribution in [3.8, 4) is 0 Å². The fourth-order valence-corrected chi connectivity index (χ4v) is 15.5. The molecule has 6 nitrogen and oxygen atoms in total. The predicted molar refractivity (Wildman–Crippen MR) is 123 cm³/mol.